The van der Waals surface area contributed by atoms with Crippen LogP contribution in [0, 0.1) is 0 Å². The number of hydrogen-bond donors (Lipinski definition) is 0. The normalized spacial score (nSPS) is 11.6. The molecule has 0 spiro atoms. The van der Waals surface area contributed by atoms with Crippen molar-refractivity contribution in [1.29, 1.82) is 0 Å². The number of alkyl halides is 5. The van der Waals surface area contributed by atoms with Gasteiger partial charge in [-0.3, -0.25) is 0 Å². The zero-order valence-corrected chi connectivity index (χ0v) is 9.72. The molecule has 106 valence electrons. The van der Waals surface area contributed by atoms with E-state index < -0.39 is 41.3 Å². The van der Waals surface area contributed by atoms with Crippen molar-refractivity contribution in [3.8, 4) is 5.75 Å². The van der Waals surface area contributed by atoms with Gasteiger partial charge in [0.1, 0.15) is 5.69 Å². The molecule has 9 heteroatoms. The minimum atomic E-state index is -4.98. The van der Waals surface area contributed by atoms with Crippen LogP contribution in [0.2, 0.25) is 0 Å². The molecule has 0 aliphatic carbocycles. The molecule has 0 bridgehead atoms. The molecule has 0 radical (unpaired) electrons. The van der Waals surface area contributed by atoms with Gasteiger partial charge >= 0.3 is 12.1 Å². The smallest absolute Gasteiger partial charge is 0.437 e. The Morgan fingerprint density at radius 2 is 1.89 bits per heavy atom. The first-order chi connectivity index (χ1) is 8.72. The Bertz CT molecular complexity index is 487. The van der Waals surface area contributed by atoms with Crippen molar-refractivity contribution in [1.82, 2.24) is 4.98 Å². The second-order valence-electron chi connectivity index (χ2n) is 3.26. The van der Waals surface area contributed by atoms with Gasteiger partial charge in [0, 0.05) is 0 Å². The summed E-state index contributed by atoms with van der Waals surface area (Å²) < 4.78 is 71.7. The maximum Gasteiger partial charge on any atom is 0.437 e. The molecule has 0 N–H and O–H groups in total. The number of aromatic nitrogens is 1. The van der Waals surface area contributed by atoms with E-state index in [1.165, 1.54) is 0 Å². The molecule has 0 saturated carbocycles. The molecule has 0 aliphatic rings. The average molecular weight is 285 g/mol. The van der Waals surface area contributed by atoms with Crippen LogP contribution in [-0.2, 0) is 10.9 Å². The fourth-order valence-electron chi connectivity index (χ4n) is 1.31. The first-order valence-electron chi connectivity index (χ1n) is 4.75. The number of methoxy groups -OCH3 is 2. The van der Waals surface area contributed by atoms with E-state index in [2.05, 4.69) is 14.5 Å². The Hall–Kier alpha value is -1.93. The number of carbonyl (C=O) groups excluding carboxylic acids is 1. The van der Waals surface area contributed by atoms with Gasteiger partial charge < -0.3 is 9.47 Å². The zero-order chi connectivity index (χ0) is 14.8. The second kappa shape index (κ2) is 5.37. The van der Waals surface area contributed by atoms with Crippen LogP contribution in [0.4, 0.5) is 22.0 Å². The van der Waals surface area contributed by atoms with Crippen LogP contribution in [0.15, 0.2) is 6.07 Å². The van der Waals surface area contributed by atoms with Crippen LogP contribution in [0.1, 0.15) is 28.2 Å². The summed E-state index contributed by atoms with van der Waals surface area (Å²) in [5, 5.41) is 0. The number of esters is 1. The summed E-state index contributed by atoms with van der Waals surface area (Å²) in [5.74, 6) is -2.06. The molecule has 0 aliphatic heterocycles. The van der Waals surface area contributed by atoms with Crippen LogP contribution >= 0.6 is 0 Å². The van der Waals surface area contributed by atoms with Gasteiger partial charge in [-0.15, -0.1) is 0 Å². The first-order valence-corrected chi connectivity index (χ1v) is 4.75. The topological polar surface area (TPSA) is 48.4 Å². The quantitative estimate of drug-likeness (QED) is 0.633. The summed E-state index contributed by atoms with van der Waals surface area (Å²) in [4.78, 5) is 14.0. The minimum Gasteiger partial charge on any atom is -0.494 e. The predicted octanol–water partition coefficient (Wildman–Crippen LogP) is 2.83. The van der Waals surface area contributed by atoms with E-state index in [0.717, 1.165) is 14.2 Å². The largest absolute Gasteiger partial charge is 0.494 e. The zero-order valence-electron chi connectivity index (χ0n) is 9.72. The van der Waals surface area contributed by atoms with Crippen LogP contribution in [0.3, 0.4) is 0 Å². The van der Waals surface area contributed by atoms with Gasteiger partial charge in [0.05, 0.1) is 19.8 Å². The van der Waals surface area contributed by atoms with Crippen molar-refractivity contribution in [2.45, 2.75) is 12.6 Å². The van der Waals surface area contributed by atoms with E-state index >= 15 is 0 Å². The van der Waals surface area contributed by atoms with Crippen molar-refractivity contribution >= 4 is 5.97 Å². The van der Waals surface area contributed by atoms with Crippen molar-refractivity contribution < 1.29 is 36.2 Å². The Labute approximate surface area is 104 Å². The van der Waals surface area contributed by atoms with Gasteiger partial charge in [0.15, 0.2) is 11.4 Å². The van der Waals surface area contributed by atoms with E-state index in [-0.39, 0.29) is 0 Å². The number of nitrogens with zero attached hydrogens (tertiary/aromatic N) is 1. The third-order valence-corrected chi connectivity index (χ3v) is 2.12. The van der Waals surface area contributed by atoms with Gasteiger partial charge in [-0.2, -0.15) is 13.2 Å². The van der Waals surface area contributed by atoms with E-state index in [9.17, 15) is 26.7 Å². The van der Waals surface area contributed by atoms with E-state index in [1.54, 1.807) is 0 Å². The maximum absolute atomic E-state index is 12.6. The molecule has 4 nitrogen and oxygen atoms in total. The fourth-order valence-corrected chi connectivity index (χ4v) is 1.31. The number of pyridine rings is 1. The molecule has 0 atom stereocenters. The molecule has 0 amide bonds. The lowest BCUT2D eigenvalue weighted by molar-refractivity contribution is -0.142. The first kappa shape index (κ1) is 15.1. The summed E-state index contributed by atoms with van der Waals surface area (Å²) in [6, 6.07) is 0.531. The molecule has 1 aromatic rings. The number of halogens is 5. The highest BCUT2D eigenvalue weighted by molar-refractivity contribution is 5.91. The average Bonchev–Trinajstić information content (AvgIpc) is 2.34. The lowest BCUT2D eigenvalue weighted by atomic mass is 10.1. The summed E-state index contributed by atoms with van der Waals surface area (Å²) in [6.45, 7) is 0. The van der Waals surface area contributed by atoms with Crippen molar-refractivity contribution in [3.05, 3.63) is 23.0 Å². The summed E-state index contributed by atoms with van der Waals surface area (Å²) >= 11 is 0. The van der Waals surface area contributed by atoms with Crippen LogP contribution in [-0.4, -0.2) is 25.2 Å². The van der Waals surface area contributed by atoms with Gasteiger partial charge in [0.2, 0.25) is 0 Å². The van der Waals surface area contributed by atoms with Crippen LogP contribution in [0.25, 0.3) is 0 Å². The molecule has 0 fully saturated rings. The van der Waals surface area contributed by atoms with Gasteiger partial charge in [0.25, 0.3) is 6.43 Å². The predicted molar refractivity (Wildman–Crippen MR) is 52.1 cm³/mol. The lowest BCUT2D eigenvalue weighted by Crippen LogP contribution is -2.16. The Morgan fingerprint density at radius 3 is 2.26 bits per heavy atom. The molecule has 19 heavy (non-hydrogen) atoms. The van der Waals surface area contributed by atoms with E-state index in [1.807, 2.05) is 0 Å². The second-order valence-corrected chi connectivity index (χ2v) is 3.26. The number of hydrogen-bond acceptors (Lipinski definition) is 4. The third-order valence-electron chi connectivity index (χ3n) is 2.12. The van der Waals surface area contributed by atoms with E-state index in [4.69, 9.17) is 0 Å². The monoisotopic (exact) mass is 285 g/mol. The Morgan fingerprint density at radius 1 is 1.32 bits per heavy atom. The molecular weight excluding hydrogens is 277 g/mol. The van der Waals surface area contributed by atoms with E-state index in [0.29, 0.717) is 6.07 Å². The Balaban J connectivity index is 3.56. The Kier molecular flexibility index (Phi) is 4.28. The highest BCUT2D eigenvalue weighted by Crippen LogP contribution is 2.37. The van der Waals surface area contributed by atoms with Gasteiger partial charge in [-0.25, -0.2) is 18.6 Å². The molecular formula is C10H8F5NO3. The van der Waals surface area contributed by atoms with Gasteiger partial charge in [-0.05, 0) is 6.07 Å². The molecule has 1 aromatic heterocycles. The van der Waals surface area contributed by atoms with Crippen LogP contribution < -0.4 is 4.74 Å². The molecule has 0 aromatic carbocycles. The maximum atomic E-state index is 12.6. The standard InChI is InChI=1S/C10H8F5NO3/c1-18-5-3-4(9(17)19-2)6(8(11)12)16-7(5)10(13,14)15/h3,8H,1-2H3. The number of carbonyl (C=O) groups is 1. The highest BCUT2D eigenvalue weighted by atomic mass is 19.4. The lowest BCUT2D eigenvalue weighted by Gasteiger charge is -2.14. The fraction of sp³-hybridized carbons (Fsp3) is 0.400. The molecule has 0 unspecified atom stereocenters. The molecule has 1 heterocycles. The highest BCUT2D eigenvalue weighted by Gasteiger charge is 2.39. The SMILES string of the molecule is COC(=O)c1cc(OC)c(C(F)(F)F)nc1C(F)F. The van der Waals surface area contributed by atoms with Gasteiger partial charge in [-0.1, -0.05) is 0 Å². The molecule has 0 saturated heterocycles. The molecule has 1 rings (SSSR count). The van der Waals surface area contributed by atoms with Crippen LogP contribution in [0.5, 0.6) is 5.75 Å². The summed E-state index contributed by atoms with van der Waals surface area (Å²) in [5.41, 5.74) is -3.71. The summed E-state index contributed by atoms with van der Waals surface area (Å²) in [6.07, 6.45) is -8.34. The van der Waals surface area contributed by atoms with Crippen molar-refractivity contribution in [2.24, 2.45) is 0 Å². The summed E-state index contributed by atoms with van der Waals surface area (Å²) in [7, 11) is 1.80. The number of ether oxygens (including phenoxy) is 2. The van der Waals surface area contributed by atoms with Crippen molar-refractivity contribution in [3.63, 3.8) is 0 Å². The third kappa shape index (κ3) is 3.09. The van der Waals surface area contributed by atoms with Crippen molar-refractivity contribution in [2.75, 3.05) is 14.2 Å². The number of rotatable bonds is 3. The minimum absolute atomic E-state index is 0.531.